The highest BCUT2D eigenvalue weighted by atomic mass is 35.7. The first kappa shape index (κ1) is 14.4. The fourth-order valence-corrected chi connectivity index (χ4v) is 3.22. The Morgan fingerprint density at radius 2 is 2.11 bits per heavy atom. The zero-order chi connectivity index (χ0) is 14.0. The monoisotopic (exact) mass is 304 g/mol. The third-order valence-electron chi connectivity index (χ3n) is 3.52. The number of aryl methyl sites for hydroxylation is 1. The molecule has 0 saturated heterocycles. The fourth-order valence-electron chi connectivity index (χ4n) is 2.44. The second-order valence-corrected chi connectivity index (χ2v) is 7.54. The minimum atomic E-state index is -3.80. The summed E-state index contributed by atoms with van der Waals surface area (Å²) in [6, 6.07) is 1.30. The van der Waals surface area contributed by atoms with Crippen LogP contribution in [0.1, 0.15) is 36.2 Å². The largest absolute Gasteiger partial charge is 0.350 e. The van der Waals surface area contributed by atoms with Gasteiger partial charge in [0.2, 0.25) is 0 Å². The van der Waals surface area contributed by atoms with E-state index < -0.39 is 9.05 Å². The number of nitrogens with zero attached hydrogens (tertiary/aromatic N) is 1. The molecular weight excluding hydrogens is 288 g/mol. The van der Waals surface area contributed by atoms with E-state index in [9.17, 15) is 13.2 Å². The summed E-state index contributed by atoms with van der Waals surface area (Å²) in [4.78, 5) is 11.9. The molecule has 19 heavy (non-hydrogen) atoms. The van der Waals surface area contributed by atoms with Crippen molar-refractivity contribution >= 4 is 25.6 Å². The van der Waals surface area contributed by atoms with Gasteiger partial charge < -0.3 is 9.88 Å². The number of halogens is 1. The van der Waals surface area contributed by atoms with E-state index in [4.69, 9.17) is 10.7 Å². The molecule has 1 aliphatic carbocycles. The molecule has 1 amide bonds. The molecule has 0 radical (unpaired) electrons. The van der Waals surface area contributed by atoms with Gasteiger partial charge in [-0.25, -0.2) is 8.42 Å². The van der Waals surface area contributed by atoms with Gasteiger partial charge in [0.1, 0.15) is 10.6 Å². The molecule has 0 atom stereocenters. The van der Waals surface area contributed by atoms with E-state index in [1.807, 2.05) is 0 Å². The first-order valence-corrected chi connectivity index (χ1v) is 8.58. The molecule has 1 fully saturated rings. The number of nitrogens with one attached hydrogen (secondary N) is 1. The topological polar surface area (TPSA) is 68.2 Å². The Labute approximate surface area is 117 Å². The summed E-state index contributed by atoms with van der Waals surface area (Å²) in [5, 5.41) is 2.85. The van der Waals surface area contributed by atoms with Gasteiger partial charge >= 0.3 is 0 Å². The minimum absolute atomic E-state index is 0.0531. The summed E-state index contributed by atoms with van der Waals surface area (Å²) >= 11 is 0. The van der Waals surface area contributed by atoms with Crippen molar-refractivity contribution in [3.05, 3.63) is 18.0 Å². The van der Waals surface area contributed by atoms with Crippen LogP contribution in [0.3, 0.4) is 0 Å². The standard InChI is InChI=1S/C12H17ClN2O3S/c1-15-8-10(19(13,17)18)6-11(15)12(16)14-7-9-4-2-3-5-9/h6,8-9H,2-5,7H2,1H3,(H,14,16). The van der Waals surface area contributed by atoms with Crippen molar-refractivity contribution in [3.8, 4) is 0 Å². The quantitative estimate of drug-likeness (QED) is 0.864. The van der Waals surface area contributed by atoms with Crippen LogP contribution in [0.4, 0.5) is 0 Å². The Morgan fingerprint density at radius 3 is 2.63 bits per heavy atom. The predicted octanol–water partition coefficient (Wildman–Crippen LogP) is 1.87. The van der Waals surface area contributed by atoms with Crippen LogP contribution in [0.2, 0.25) is 0 Å². The summed E-state index contributed by atoms with van der Waals surface area (Å²) in [6.07, 6.45) is 6.08. The molecule has 2 rings (SSSR count). The van der Waals surface area contributed by atoms with E-state index in [1.54, 1.807) is 7.05 Å². The average Bonchev–Trinajstić information content (AvgIpc) is 2.93. The molecular formula is C12H17ClN2O3S. The van der Waals surface area contributed by atoms with E-state index in [0.717, 1.165) is 12.8 Å². The highest BCUT2D eigenvalue weighted by Gasteiger charge is 2.20. The van der Waals surface area contributed by atoms with Crippen molar-refractivity contribution in [3.63, 3.8) is 0 Å². The Bertz CT molecular complexity index is 574. The number of aromatic nitrogens is 1. The maximum absolute atomic E-state index is 12.0. The van der Waals surface area contributed by atoms with E-state index in [1.165, 1.54) is 29.7 Å². The maximum atomic E-state index is 12.0. The van der Waals surface area contributed by atoms with Crippen LogP contribution in [0, 0.1) is 5.92 Å². The molecule has 0 aliphatic heterocycles. The van der Waals surface area contributed by atoms with E-state index in [0.29, 0.717) is 18.2 Å². The number of hydrogen-bond donors (Lipinski definition) is 1. The van der Waals surface area contributed by atoms with Crippen LogP contribution < -0.4 is 5.32 Å². The Morgan fingerprint density at radius 1 is 1.47 bits per heavy atom. The van der Waals surface area contributed by atoms with Crippen LogP contribution in [0.5, 0.6) is 0 Å². The van der Waals surface area contributed by atoms with Crippen LogP contribution in [-0.4, -0.2) is 25.4 Å². The molecule has 1 saturated carbocycles. The highest BCUT2D eigenvalue weighted by molar-refractivity contribution is 8.13. The smallest absolute Gasteiger partial charge is 0.267 e. The van der Waals surface area contributed by atoms with Crippen molar-refractivity contribution in [1.29, 1.82) is 0 Å². The average molecular weight is 305 g/mol. The number of amides is 1. The zero-order valence-corrected chi connectivity index (χ0v) is 12.3. The number of carbonyl (C=O) groups excluding carboxylic acids is 1. The molecule has 1 aliphatic rings. The van der Waals surface area contributed by atoms with Crippen LogP contribution in [0.15, 0.2) is 17.2 Å². The molecule has 5 nitrogen and oxygen atoms in total. The van der Waals surface area contributed by atoms with Gasteiger partial charge in [0.25, 0.3) is 15.0 Å². The Hall–Kier alpha value is -1.01. The lowest BCUT2D eigenvalue weighted by Crippen LogP contribution is -2.29. The van der Waals surface area contributed by atoms with Gasteiger partial charge in [0.15, 0.2) is 0 Å². The summed E-state index contributed by atoms with van der Waals surface area (Å²) < 4.78 is 23.9. The molecule has 7 heteroatoms. The third-order valence-corrected chi connectivity index (χ3v) is 4.84. The van der Waals surface area contributed by atoms with E-state index in [2.05, 4.69) is 5.32 Å². The molecule has 1 N–H and O–H groups in total. The van der Waals surface area contributed by atoms with Gasteiger partial charge in [-0.3, -0.25) is 4.79 Å². The molecule has 0 aromatic carbocycles. The van der Waals surface area contributed by atoms with Crippen molar-refractivity contribution in [1.82, 2.24) is 9.88 Å². The second-order valence-electron chi connectivity index (χ2n) is 4.97. The van der Waals surface area contributed by atoms with Gasteiger partial charge in [-0.2, -0.15) is 0 Å². The first-order valence-electron chi connectivity index (χ1n) is 6.27. The van der Waals surface area contributed by atoms with Crippen molar-refractivity contribution in [2.24, 2.45) is 13.0 Å². The van der Waals surface area contributed by atoms with E-state index in [-0.39, 0.29) is 10.8 Å². The van der Waals surface area contributed by atoms with Gasteiger partial charge in [-0.05, 0) is 24.8 Å². The zero-order valence-electron chi connectivity index (χ0n) is 10.7. The Balaban J connectivity index is 2.04. The predicted molar refractivity (Wildman–Crippen MR) is 72.7 cm³/mol. The lowest BCUT2D eigenvalue weighted by Gasteiger charge is -2.10. The number of rotatable bonds is 4. The molecule has 1 aromatic rings. The van der Waals surface area contributed by atoms with Gasteiger partial charge in [-0.1, -0.05) is 12.8 Å². The van der Waals surface area contributed by atoms with Gasteiger partial charge in [0, 0.05) is 30.5 Å². The molecule has 106 valence electrons. The normalized spacial score (nSPS) is 16.7. The second kappa shape index (κ2) is 5.54. The Kier molecular flexibility index (Phi) is 4.20. The van der Waals surface area contributed by atoms with Gasteiger partial charge in [-0.15, -0.1) is 0 Å². The van der Waals surface area contributed by atoms with Gasteiger partial charge in [0.05, 0.1) is 0 Å². The van der Waals surface area contributed by atoms with Crippen molar-refractivity contribution in [2.45, 2.75) is 30.6 Å². The summed E-state index contributed by atoms with van der Waals surface area (Å²) in [5.74, 6) is 0.279. The number of carbonyl (C=O) groups is 1. The lowest BCUT2D eigenvalue weighted by atomic mass is 10.1. The first-order chi connectivity index (χ1) is 8.88. The molecule has 1 aromatic heterocycles. The third kappa shape index (κ3) is 3.51. The summed E-state index contributed by atoms with van der Waals surface area (Å²) in [5.41, 5.74) is 0.303. The molecule has 0 bridgehead atoms. The summed E-state index contributed by atoms with van der Waals surface area (Å²) in [7, 11) is 3.08. The lowest BCUT2D eigenvalue weighted by molar-refractivity contribution is 0.0939. The fraction of sp³-hybridized carbons (Fsp3) is 0.583. The van der Waals surface area contributed by atoms with Crippen molar-refractivity contribution in [2.75, 3.05) is 6.54 Å². The SMILES string of the molecule is Cn1cc(S(=O)(=O)Cl)cc1C(=O)NCC1CCCC1. The minimum Gasteiger partial charge on any atom is -0.350 e. The number of hydrogen-bond acceptors (Lipinski definition) is 3. The highest BCUT2D eigenvalue weighted by Crippen LogP contribution is 2.24. The van der Waals surface area contributed by atoms with E-state index >= 15 is 0 Å². The maximum Gasteiger partial charge on any atom is 0.267 e. The molecule has 0 unspecified atom stereocenters. The van der Waals surface area contributed by atoms with Crippen molar-refractivity contribution < 1.29 is 13.2 Å². The van der Waals surface area contributed by atoms with Crippen LogP contribution in [0.25, 0.3) is 0 Å². The molecule has 0 spiro atoms. The van der Waals surface area contributed by atoms with Crippen LogP contribution in [-0.2, 0) is 16.1 Å². The summed E-state index contributed by atoms with van der Waals surface area (Å²) in [6.45, 7) is 0.646. The molecule has 1 heterocycles. The van der Waals surface area contributed by atoms with Crippen LogP contribution >= 0.6 is 10.7 Å².